The second-order valence-corrected chi connectivity index (χ2v) is 2.79. The first-order valence-electron chi connectivity index (χ1n) is 3.87. The number of hydrogen-bond donors (Lipinski definition) is 2. The van der Waals surface area contributed by atoms with Gasteiger partial charge in [-0.1, -0.05) is 0 Å². The Balaban J connectivity index is 2.39. The van der Waals surface area contributed by atoms with E-state index in [1.807, 2.05) is 0 Å². The van der Waals surface area contributed by atoms with E-state index in [0.29, 0.717) is 26.2 Å². The fourth-order valence-electron chi connectivity index (χ4n) is 1.28. The largest absolute Gasteiger partial charge is 0.465 e. The molecular weight excluding hydrogens is 158 g/mol. The molecule has 1 aliphatic rings. The van der Waals surface area contributed by atoms with Crippen molar-refractivity contribution in [3.8, 4) is 0 Å². The maximum absolute atomic E-state index is 10.6. The molecule has 1 aliphatic heterocycles. The highest BCUT2D eigenvalue weighted by Gasteiger charge is 2.21. The highest BCUT2D eigenvalue weighted by molar-refractivity contribution is 5.65. The van der Waals surface area contributed by atoms with Crippen molar-refractivity contribution in [2.75, 3.05) is 26.2 Å². The van der Waals surface area contributed by atoms with E-state index >= 15 is 0 Å². The summed E-state index contributed by atoms with van der Waals surface area (Å²) in [6, 6.07) is 0.132. The number of aliphatic imine (C=N–C) groups is 1. The minimum Gasteiger partial charge on any atom is -0.465 e. The fourth-order valence-corrected chi connectivity index (χ4v) is 1.28. The van der Waals surface area contributed by atoms with E-state index in [1.165, 1.54) is 4.90 Å². The molecule has 0 aromatic carbocycles. The molecule has 5 nitrogen and oxygen atoms in total. The van der Waals surface area contributed by atoms with Crippen LogP contribution < -0.4 is 5.32 Å². The summed E-state index contributed by atoms with van der Waals surface area (Å²) in [6.07, 6.45) is -0.856. The number of carbonyl (C=O) groups is 1. The standard InChI is InChI=1S/C7H13N3O2/c1-8-4-6-5-10(7(11)12)3-2-9-6/h6,9H,1-5H2,(H,11,12)/t6-/m1/s1. The number of rotatable bonds is 2. The summed E-state index contributed by atoms with van der Waals surface area (Å²) < 4.78 is 0. The molecule has 5 heteroatoms. The van der Waals surface area contributed by atoms with Crippen LogP contribution in [-0.4, -0.2) is 55.0 Å². The Kier molecular flexibility index (Phi) is 3.04. The second-order valence-electron chi connectivity index (χ2n) is 2.79. The SMILES string of the molecule is C=NC[C@@H]1CN(C(=O)O)CCN1. The number of nitrogens with one attached hydrogen (secondary N) is 1. The van der Waals surface area contributed by atoms with E-state index in [9.17, 15) is 4.79 Å². The van der Waals surface area contributed by atoms with E-state index in [0.717, 1.165) is 0 Å². The Labute approximate surface area is 71.1 Å². The van der Waals surface area contributed by atoms with Crippen LogP contribution in [0.2, 0.25) is 0 Å². The Morgan fingerprint density at radius 2 is 2.58 bits per heavy atom. The zero-order chi connectivity index (χ0) is 8.97. The van der Waals surface area contributed by atoms with Crippen molar-refractivity contribution in [1.82, 2.24) is 10.2 Å². The molecule has 0 bridgehead atoms. The first-order chi connectivity index (χ1) is 5.74. The third-order valence-electron chi connectivity index (χ3n) is 1.88. The van der Waals surface area contributed by atoms with E-state index in [4.69, 9.17) is 5.11 Å². The predicted octanol–water partition coefficient (Wildman–Crippen LogP) is -0.361. The van der Waals surface area contributed by atoms with Gasteiger partial charge in [-0.05, 0) is 6.72 Å². The molecule has 1 saturated heterocycles. The molecule has 1 atom stereocenters. The maximum atomic E-state index is 10.6. The highest BCUT2D eigenvalue weighted by atomic mass is 16.4. The highest BCUT2D eigenvalue weighted by Crippen LogP contribution is 1.99. The topological polar surface area (TPSA) is 64.9 Å². The molecule has 12 heavy (non-hydrogen) atoms. The summed E-state index contributed by atoms with van der Waals surface area (Å²) >= 11 is 0. The molecule has 1 rings (SSSR count). The Hall–Kier alpha value is -1.10. The van der Waals surface area contributed by atoms with Crippen LogP contribution in [0.5, 0.6) is 0 Å². The summed E-state index contributed by atoms with van der Waals surface area (Å²) in [7, 11) is 0. The summed E-state index contributed by atoms with van der Waals surface area (Å²) in [5.41, 5.74) is 0. The van der Waals surface area contributed by atoms with Gasteiger partial charge < -0.3 is 15.3 Å². The number of amides is 1. The summed E-state index contributed by atoms with van der Waals surface area (Å²) in [5, 5.41) is 11.8. The van der Waals surface area contributed by atoms with Gasteiger partial charge in [-0.25, -0.2) is 4.79 Å². The zero-order valence-electron chi connectivity index (χ0n) is 6.86. The van der Waals surface area contributed by atoms with Crippen LogP contribution in [0.1, 0.15) is 0 Å². The van der Waals surface area contributed by atoms with Crippen molar-refractivity contribution < 1.29 is 9.90 Å². The van der Waals surface area contributed by atoms with Crippen molar-refractivity contribution in [2.45, 2.75) is 6.04 Å². The number of carboxylic acid groups (broad SMARTS) is 1. The molecule has 0 aromatic heterocycles. The Morgan fingerprint density at radius 3 is 3.17 bits per heavy atom. The molecule has 2 N–H and O–H groups in total. The molecule has 1 fully saturated rings. The Bertz CT molecular complexity index is 183. The minimum atomic E-state index is -0.856. The van der Waals surface area contributed by atoms with Crippen molar-refractivity contribution >= 4 is 12.8 Å². The molecular formula is C7H13N3O2. The van der Waals surface area contributed by atoms with Gasteiger partial charge in [-0.15, -0.1) is 0 Å². The van der Waals surface area contributed by atoms with E-state index in [-0.39, 0.29) is 6.04 Å². The minimum absolute atomic E-state index is 0.132. The fraction of sp³-hybridized carbons (Fsp3) is 0.714. The molecule has 0 radical (unpaired) electrons. The van der Waals surface area contributed by atoms with Gasteiger partial charge >= 0.3 is 6.09 Å². The smallest absolute Gasteiger partial charge is 0.407 e. The van der Waals surface area contributed by atoms with E-state index < -0.39 is 6.09 Å². The average molecular weight is 171 g/mol. The van der Waals surface area contributed by atoms with Crippen molar-refractivity contribution in [2.24, 2.45) is 4.99 Å². The normalized spacial score (nSPS) is 23.7. The molecule has 1 heterocycles. The van der Waals surface area contributed by atoms with Gasteiger partial charge in [0.15, 0.2) is 0 Å². The maximum Gasteiger partial charge on any atom is 0.407 e. The molecule has 0 aliphatic carbocycles. The third kappa shape index (κ3) is 2.20. The van der Waals surface area contributed by atoms with Gasteiger partial charge in [-0.2, -0.15) is 0 Å². The van der Waals surface area contributed by atoms with Gasteiger partial charge in [0.25, 0.3) is 0 Å². The Morgan fingerprint density at radius 1 is 1.83 bits per heavy atom. The van der Waals surface area contributed by atoms with Crippen molar-refractivity contribution in [1.29, 1.82) is 0 Å². The molecule has 0 saturated carbocycles. The van der Waals surface area contributed by atoms with Crippen LogP contribution in [0.25, 0.3) is 0 Å². The van der Waals surface area contributed by atoms with Gasteiger partial charge in [0, 0.05) is 25.7 Å². The van der Waals surface area contributed by atoms with Crippen molar-refractivity contribution in [3.05, 3.63) is 0 Å². The van der Waals surface area contributed by atoms with Gasteiger partial charge in [0.1, 0.15) is 0 Å². The van der Waals surface area contributed by atoms with Crippen molar-refractivity contribution in [3.63, 3.8) is 0 Å². The van der Waals surface area contributed by atoms with Crippen LogP contribution >= 0.6 is 0 Å². The number of hydrogen-bond acceptors (Lipinski definition) is 3. The van der Waals surface area contributed by atoms with E-state index in [2.05, 4.69) is 17.0 Å². The average Bonchev–Trinajstić information content (AvgIpc) is 2.05. The van der Waals surface area contributed by atoms with Gasteiger partial charge in [-0.3, -0.25) is 4.99 Å². The van der Waals surface area contributed by atoms with Crippen LogP contribution in [-0.2, 0) is 0 Å². The lowest BCUT2D eigenvalue weighted by Crippen LogP contribution is -2.53. The predicted molar refractivity (Wildman–Crippen MR) is 45.8 cm³/mol. The summed E-state index contributed by atoms with van der Waals surface area (Å²) in [4.78, 5) is 15.7. The lowest BCUT2D eigenvalue weighted by molar-refractivity contribution is 0.129. The lowest BCUT2D eigenvalue weighted by atomic mass is 10.2. The second kappa shape index (κ2) is 4.06. The van der Waals surface area contributed by atoms with Crippen LogP contribution in [0.4, 0.5) is 4.79 Å². The third-order valence-corrected chi connectivity index (χ3v) is 1.88. The zero-order valence-corrected chi connectivity index (χ0v) is 6.86. The molecule has 0 spiro atoms. The molecule has 0 unspecified atom stereocenters. The van der Waals surface area contributed by atoms with Crippen LogP contribution in [0, 0.1) is 0 Å². The van der Waals surface area contributed by atoms with Crippen LogP contribution in [0.15, 0.2) is 4.99 Å². The molecule has 68 valence electrons. The number of nitrogens with zero attached hydrogens (tertiary/aromatic N) is 2. The number of piperazine rings is 1. The lowest BCUT2D eigenvalue weighted by Gasteiger charge is -2.30. The summed E-state index contributed by atoms with van der Waals surface area (Å²) in [5.74, 6) is 0. The van der Waals surface area contributed by atoms with Gasteiger partial charge in [0.2, 0.25) is 0 Å². The molecule has 0 aromatic rings. The van der Waals surface area contributed by atoms with E-state index in [1.54, 1.807) is 0 Å². The monoisotopic (exact) mass is 171 g/mol. The summed E-state index contributed by atoms with van der Waals surface area (Å²) in [6.45, 7) is 5.71. The first kappa shape index (κ1) is 8.99. The quantitative estimate of drug-likeness (QED) is 0.557. The first-order valence-corrected chi connectivity index (χ1v) is 3.87. The molecule has 1 amide bonds. The van der Waals surface area contributed by atoms with Crippen LogP contribution in [0.3, 0.4) is 0 Å². The van der Waals surface area contributed by atoms with Gasteiger partial charge in [0.05, 0.1) is 6.54 Å².